The van der Waals surface area contributed by atoms with Crippen molar-refractivity contribution in [2.75, 3.05) is 23.9 Å². The first-order valence-corrected chi connectivity index (χ1v) is 12.0. The molecule has 2 aromatic rings. The molecule has 0 saturated heterocycles. The van der Waals surface area contributed by atoms with Crippen LogP contribution in [0.25, 0.3) is 0 Å². The summed E-state index contributed by atoms with van der Waals surface area (Å²) in [7, 11) is 1.53. The molecule has 3 N–H and O–H groups in total. The highest BCUT2D eigenvalue weighted by atomic mass is 16.5. The van der Waals surface area contributed by atoms with Gasteiger partial charge in [0.1, 0.15) is 22.9 Å². The van der Waals surface area contributed by atoms with Crippen molar-refractivity contribution in [2.24, 2.45) is 0 Å². The number of carbonyl (C=O) groups excluding carboxylic acids is 1. The molecule has 0 saturated carbocycles. The van der Waals surface area contributed by atoms with E-state index in [-0.39, 0.29) is 17.4 Å². The smallest absolute Gasteiger partial charge is 0.260 e. The number of methoxy groups -OCH3 is 1. The molecule has 0 aromatic heterocycles. The Bertz CT molecular complexity index is 1170. The Balaban J connectivity index is 1.82. The van der Waals surface area contributed by atoms with Crippen LogP contribution < -0.4 is 15.0 Å². The van der Waals surface area contributed by atoms with Gasteiger partial charge in [0.15, 0.2) is 0 Å². The minimum atomic E-state index is -0.241. The lowest BCUT2D eigenvalue weighted by Crippen LogP contribution is -2.30. The number of anilines is 3. The van der Waals surface area contributed by atoms with Gasteiger partial charge in [-0.2, -0.15) is 0 Å². The summed E-state index contributed by atoms with van der Waals surface area (Å²) >= 11 is 0. The minimum Gasteiger partial charge on any atom is -0.508 e. The molecule has 1 aliphatic rings. The molecule has 0 unspecified atom stereocenters. The van der Waals surface area contributed by atoms with Crippen LogP contribution in [-0.4, -0.2) is 29.8 Å². The van der Waals surface area contributed by atoms with Crippen LogP contribution in [0.5, 0.6) is 17.2 Å². The van der Waals surface area contributed by atoms with Gasteiger partial charge in [0.05, 0.1) is 24.0 Å². The van der Waals surface area contributed by atoms with E-state index in [4.69, 9.17) is 4.74 Å². The van der Waals surface area contributed by atoms with Crippen molar-refractivity contribution in [3.8, 4) is 17.2 Å². The van der Waals surface area contributed by atoms with Crippen LogP contribution in [0.3, 0.4) is 0 Å². The molecule has 0 aliphatic carbocycles. The van der Waals surface area contributed by atoms with Crippen LogP contribution in [0.4, 0.5) is 17.1 Å². The van der Waals surface area contributed by atoms with Gasteiger partial charge in [0.25, 0.3) is 5.91 Å². The summed E-state index contributed by atoms with van der Waals surface area (Å²) < 4.78 is 5.44. The summed E-state index contributed by atoms with van der Waals surface area (Å²) in [6.45, 7) is 8.78. The van der Waals surface area contributed by atoms with Crippen LogP contribution in [0.15, 0.2) is 65.3 Å². The lowest BCUT2D eigenvalue weighted by Gasteiger charge is -2.22. The van der Waals surface area contributed by atoms with E-state index in [1.54, 1.807) is 23.1 Å². The molecule has 2 aromatic carbocycles. The predicted molar refractivity (Wildman–Crippen MR) is 143 cm³/mol. The molecule has 6 nitrogen and oxygen atoms in total. The molecule has 0 spiro atoms. The average Bonchev–Trinajstić information content (AvgIpc) is 2.92. The summed E-state index contributed by atoms with van der Waals surface area (Å²) in [5.74, 6) is -0.0111. The number of phenolic OH excluding ortho intramolecular Hbond substituents is 2. The van der Waals surface area contributed by atoms with Crippen molar-refractivity contribution < 1.29 is 19.7 Å². The van der Waals surface area contributed by atoms with Crippen molar-refractivity contribution in [2.45, 2.75) is 53.4 Å². The number of amides is 1. The number of phenols is 2. The Kier molecular flexibility index (Phi) is 8.63. The van der Waals surface area contributed by atoms with Gasteiger partial charge in [-0.05, 0) is 65.5 Å². The molecule has 0 bridgehead atoms. The number of allylic oxidation sites excluding steroid dienone is 5. The molecule has 0 atom stereocenters. The van der Waals surface area contributed by atoms with Crippen molar-refractivity contribution in [3.63, 3.8) is 0 Å². The monoisotopic (exact) mass is 476 g/mol. The lowest BCUT2D eigenvalue weighted by molar-refractivity contribution is 0.0991. The zero-order chi connectivity index (χ0) is 25.5. The Labute approximate surface area is 208 Å². The van der Waals surface area contributed by atoms with Crippen LogP contribution >= 0.6 is 0 Å². The zero-order valence-electron chi connectivity index (χ0n) is 21.3. The molecule has 0 fully saturated rings. The molecule has 1 amide bonds. The van der Waals surface area contributed by atoms with Gasteiger partial charge < -0.3 is 25.2 Å². The standard InChI is InChI=1S/C29H36N2O4/c1-19(2)9-6-10-20(3)11-7-12-21(4)15-16-31-24-17-22(32)18-25(33)28(24)30-27-23(29(31)34)13-8-14-26(27)35-5/h8-9,11,13-15,17-18,30,32-33H,6-7,10,12,16H2,1-5H3. The minimum absolute atomic E-state index is 0.117. The molecule has 1 aliphatic heterocycles. The molecule has 35 heavy (non-hydrogen) atoms. The Morgan fingerprint density at radius 3 is 2.34 bits per heavy atom. The number of fused-ring (bicyclic) bond motifs is 2. The van der Waals surface area contributed by atoms with Gasteiger partial charge in [0.2, 0.25) is 0 Å². The van der Waals surface area contributed by atoms with E-state index in [9.17, 15) is 15.0 Å². The number of hydrogen-bond acceptors (Lipinski definition) is 5. The first-order valence-electron chi connectivity index (χ1n) is 12.0. The number of hydrogen-bond donors (Lipinski definition) is 3. The van der Waals surface area contributed by atoms with E-state index in [2.05, 4.69) is 45.2 Å². The fourth-order valence-electron chi connectivity index (χ4n) is 4.09. The van der Waals surface area contributed by atoms with E-state index in [0.717, 1.165) is 25.7 Å². The fraction of sp³-hybridized carbons (Fsp3) is 0.345. The third-order valence-corrected chi connectivity index (χ3v) is 6.09. The summed E-state index contributed by atoms with van der Waals surface area (Å²) in [5, 5.41) is 23.9. The molecular formula is C29H36N2O4. The van der Waals surface area contributed by atoms with Crippen molar-refractivity contribution >= 4 is 23.0 Å². The maximum Gasteiger partial charge on any atom is 0.260 e. The highest BCUT2D eigenvalue weighted by Crippen LogP contribution is 2.46. The van der Waals surface area contributed by atoms with Gasteiger partial charge >= 0.3 is 0 Å². The summed E-state index contributed by atoms with van der Waals surface area (Å²) in [5.41, 5.74) is 5.57. The SMILES string of the molecule is COc1cccc2c1Nc1c(O)cc(O)cc1N(CC=C(C)CCC=C(C)CCC=C(C)C)C2=O. The maximum atomic E-state index is 13.6. The summed E-state index contributed by atoms with van der Waals surface area (Å²) in [4.78, 5) is 15.1. The number of benzene rings is 2. The average molecular weight is 477 g/mol. The number of nitrogens with zero attached hydrogens (tertiary/aromatic N) is 1. The van der Waals surface area contributed by atoms with E-state index < -0.39 is 0 Å². The van der Waals surface area contributed by atoms with Gasteiger partial charge in [-0.25, -0.2) is 0 Å². The van der Waals surface area contributed by atoms with E-state index in [0.29, 0.717) is 34.9 Å². The molecule has 3 rings (SSSR count). The Morgan fingerprint density at radius 1 is 0.971 bits per heavy atom. The molecular weight excluding hydrogens is 440 g/mol. The van der Waals surface area contributed by atoms with Crippen LogP contribution in [0.2, 0.25) is 0 Å². The molecule has 0 radical (unpaired) electrons. The largest absolute Gasteiger partial charge is 0.508 e. The van der Waals surface area contributed by atoms with E-state index in [1.165, 1.54) is 36.0 Å². The van der Waals surface area contributed by atoms with Crippen molar-refractivity contribution in [3.05, 3.63) is 70.8 Å². The second-order valence-corrected chi connectivity index (χ2v) is 9.24. The summed E-state index contributed by atoms with van der Waals surface area (Å²) in [6.07, 6.45) is 10.5. The topological polar surface area (TPSA) is 82.0 Å². The highest BCUT2D eigenvalue weighted by Gasteiger charge is 2.30. The van der Waals surface area contributed by atoms with Crippen molar-refractivity contribution in [1.29, 1.82) is 0 Å². The number of nitrogens with one attached hydrogen (secondary N) is 1. The molecule has 6 heteroatoms. The first kappa shape index (κ1) is 25.9. The number of rotatable bonds is 9. The second kappa shape index (κ2) is 11.6. The number of para-hydroxylation sites is 1. The zero-order valence-corrected chi connectivity index (χ0v) is 21.3. The fourth-order valence-corrected chi connectivity index (χ4v) is 4.09. The maximum absolute atomic E-state index is 13.6. The van der Waals surface area contributed by atoms with Crippen LogP contribution in [0, 0.1) is 0 Å². The third-order valence-electron chi connectivity index (χ3n) is 6.09. The lowest BCUT2D eigenvalue weighted by atomic mass is 10.1. The van der Waals surface area contributed by atoms with E-state index >= 15 is 0 Å². The van der Waals surface area contributed by atoms with E-state index in [1.807, 2.05) is 6.08 Å². The highest BCUT2D eigenvalue weighted by molar-refractivity contribution is 6.15. The van der Waals surface area contributed by atoms with Crippen molar-refractivity contribution in [1.82, 2.24) is 0 Å². The van der Waals surface area contributed by atoms with Gasteiger partial charge in [-0.1, -0.05) is 41.0 Å². The Hall–Kier alpha value is -3.67. The predicted octanol–water partition coefficient (Wildman–Crippen LogP) is 7.23. The first-order chi connectivity index (χ1) is 16.7. The van der Waals surface area contributed by atoms with Gasteiger partial charge in [-0.3, -0.25) is 4.79 Å². The summed E-state index contributed by atoms with van der Waals surface area (Å²) in [6, 6.07) is 7.98. The number of aromatic hydroxyl groups is 2. The van der Waals surface area contributed by atoms with Crippen LogP contribution in [-0.2, 0) is 0 Å². The Morgan fingerprint density at radius 2 is 1.66 bits per heavy atom. The molecule has 186 valence electrons. The number of ether oxygens (including phenoxy) is 1. The van der Waals surface area contributed by atoms with Gasteiger partial charge in [0, 0.05) is 18.7 Å². The second-order valence-electron chi connectivity index (χ2n) is 9.24. The number of carbonyl (C=O) groups is 1. The third kappa shape index (κ3) is 6.47. The molecule has 1 heterocycles. The quantitative estimate of drug-likeness (QED) is 0.202. The normalized spacial score (nSPS) is 13.5. The van der Waals surface area contributed by atoms with Crippen LogP contribution in [0.1, 0.15) is 63.7 Å². The van der Waals surface area contributed by atoms with Gasteiger partial charge in [-0.15, -0.1) is 0 Å².